The minimum Gasteiger partial charge on any atom is -0.489 e. The van der Waals surface area contributed by atoms with Gasteiger partial charge in [0, 0.05) is 17.2 Å². The molecule has 0 aromatic heterocycles. The number of rotatable bonds is 0. The van der Waals surface area contributed by atoms with Gasteiger partial charge in [0.1, 0.15) is 12.4 Å². The third-order valence-electron chi connectivity index (χ3n) is 2.40. The van der Waals surface area contributed by atoms with Crippen LogP contribution < -0.4 is 10.5 Å². The van der Waals surface area contributed by atoms with Crippen LogP contribution in [0.15, 0.2) is 6.07 Å². The van der Waals surface area contributed by atoms with Crippen LogP contribution in [0, 0.1) is 18.6 Å². The Morgan fingerprint density at radius 1 is 1.50 bits per heavy atom. The van der Waals surface area contributed by atoms with E-state index in [0.29, 0.717) is 12.0 Å². The molecule has 0 saturated heterocycles. The maximum Gasteiger partial charge on any atom is 0.171 e. The van der Waals surface area contributed by atoms with E-state index in [9.17, 15) is 8.78 Å². The summed E-state index contributed by atoms with van der Waals surface area (Å²) in [4.78, 5) is 0. The van der Waals surface area contributed by atoms with Crippen LogP contribution in [0.25, 0.3) is 0 Å². The van der Waals surface area contributed by atoms with E-state index in [4.69, 9.17) is 10.5 Å². The Morgan fingerprint density at radius 2 is 2.21 bits per heavy atom. The zero-order valence-corrected chi connectivity index (χ0v) is 7.81. The van der Waals surface area contributed by atoms with Gasteiger partial charge >= 0.3 is 0 Å². The first kappa shape index (κ1) is 9.40. The van der Waals surface area contributed by atoms with Gasteiger partial charge in [-0.2, -0.15) is 0 Å². The van der Waals surface area contributed by atoms with E-state index in [1.54, 1.807) is 0 Å². The molecule has 0 saturated carbocycles. The van der Waals surface area contributed by atoms with Crippen molar-refractivity contribution in [2.75, 3.05) is 6.61 Å². The molecule has 2 nitrogen and oxygen atoms in total. The van der Waals surface area contributed by atoms with Crippen molar-refractivity contribution in [1.82, 2.24) is 0 Å². The van der Waals surface area contributed by atoms with Crippen LogP contribution in [0.2, 0.25) is 0 Å². The molecule has 1 aromatic carbocycles. The Morgan fingerprint density at radius 3 is 2.93 bits per heavy atom. The number of benzene rings is 1. The van der Waals surface area contributed by atoms with Gasteiger partial charge in [0.05, 0.1) is 0 Å². The van der Waals surface area contributed by atoms with Crippen molar-refractivity contribution in [3.63, 3.8) is 0 Å². The lowest BCUT2D eigenvalue weighted by Gasteiger charge is -2.23. The van der Waals surface area contributed by atoms with Gasteiger partial charge in [-0.3, -0.25) is 0 Å². The lowest BCUT2D eigenvalue weighted by Crippen LogP contribution is -2.34. The largest absolute Gasteiger partial charge is 0.489 e. The van der Waals surface area contributed by atoms with E-state index in [1.807, 2.05) is 0 Å². The molecule has 2 rings (SSSR count). The molecule has 1 aliphatic rings. The molecule has 76 valence electrons. The molecule has 0 radical (unpaired) electrons. The summed E-state index contributed by atoms with van der Waals surface area (Å²) in [5.74, 6) is -0.989. The standard InChI is InChI=1S/C10H11F2NO/c1-5-8(11)3-6-2-7(13)4-14-10(6)9(5)12/h3,7H,2,4,13H2,1H3. The van der Waals surface area contributed by atoms with Crippen molar-refractivity contribution in [1.29, 1.82) is 0 Å². The number of ether oxygens (including phenoxy) is 1. The van der Waals surface area contributed by atoms with Gasteiger partial charge in [-0.05, 0) is 19.4 Å². The Balaban J connectivity index is 2.54. The highest BCUT2D eigenvalue weighted by Gasteiger charge is 2.23. The molecule has 2 N–H and O–H groups in total. The normalized spacial score (nSPS) is 20.1. The third kappa shape index (κ3) is 1.35. The van der Waals surface area contributed by atoms with Gasteiger partial charge in [-0.15, -0.1) is 0 Å². The molecule has 0 amide bonds. The Hall–Kier alpha value is -1.16. The van der Waals surface area contributed by atoms with Crippen molar-refractivity contribution < 1.29 is 13.5 Å². The summed E-state index contributed by atoms with van der Waals surface area (Å²) < 4.78 is 31.8. The zero-order valence-electron chi connectivity index (χ0n) is 7.81. The van der Waals surface area contributed by atoms with Crippen LogP contribution in [-0.4, -0.2) is 12.6 Å². The molecule has 0 spiro atoms. The molecular formula is C10H11F2NO. The molecule has 0 fully saturated rings. The maximum atomic E-state index is 13.5. The van der Waals surface area contributed by atoms with Gasteiger partial charge in [0.15, 0.2) is 11.6 Å². The lowest BCUT2D eigenvalue weighted by molar-refractivity contribution is 0.249. The summed E-state index contributed by atoms with van der Waals surface area (Å²) in [6.45, 7) is 1.68. The quantitative estimate of drug-likeness (QED) is 0.687. The van der Waals surface area contributed by atoms with E-state index in [2.05, 4.69) is 0 Å². The zero-order chi connectivity index (χ0) is 10.3. The molecule has 1 unspecified atom stereocenters. The second-order valence-corrected chi connectivity index (χ2v) is 3.56. The molecule has 1 aromatic rings. The lowest BCUT2D eigenvalue weighted by atomic mass is 10.0. The number of halogens is 2. The van der Waals surface area contributed by atoms with E-state index in [1.165, 1.54) is 13.0 Å². The molecular weight excluding hydrogens is 188 g/mol. The topological polar surface area (TPSA) is 35.2 Å². The molecule has 1 heterocycles. The molecule has 0 bridgehead atoms. The van der Waals surface area contributed by atoms with Crippen molar-refractivity contribution in [2.24, 2.45) is 5.73 Å². The fraction of sp³-hybridized carbons (Fsp3) is 0.400. The summed E-state index contributed by atoms with van der Waals surface area (Å²) in [5, 5.41) is 0. The monoisotopic (exact) mass is 199 g/mol. The second kappa shape index (κ2) is 3.20. The SMILES string of the molecule is Cc1c(F)cc2c(c1F)OCC(N)C2. The molecule has 1 atom stereocenters. The van der Waals surface area contributed by atoms with Crippen LogP contribution in [0.1, 0.15) is 11.1 Å². The summed E-state index contributed by atoms with van der Waals surface area (Å²) in [6.07, 6.45) is 0.462. The van der Waals surface area contributed by atoms with Crippen LogP contribution in [0.3, 0.4) is 0 Å². The van der Waals surface area contributed by atoms with Gasteiger partial charge in [0.25, 0.3) is 0 Å². The smallest absolute Gasteiger partial charge is 0.171 e. The van der Waals surface area contributed by atoms with E-state index < -0.39 is 11.6 Å². The Bertz CT molecular complexity index is 379. The van der Waals surface area contributed by atoms with E-state index in [0.717, 1.165) is 0 Å². The summed E-state index contributed by atoms with van der Waals surface area (Å²) in [6, 6.07) is 1.12. The summed E-state index contributed by atoms with van der Waals surface area (Å²) >= 11 is 0. The predicted molar refractivity (Wildman–Crippen MR) is 48.3 cm³/mol. The Labute approximate surface area is 80.7 Å². The number of fused-ring (bicyclic) bond motifs is 1. The van der Waals surface area contributed by atoms with Crippen molar-refractivity contribution in [2.45, 2.75) is 19.4 Å². The van der Waals surface area contributed by atoms with Crippen molar-refractivity contribution >= 4 is 0 Å². The highest BCUT2D eigenvalue weighted by molar-refractivity contribution is 5.41. The number of hydrogen-bond acceptors (Lipinski definition) is 2. The number of hydrogen-bond donors (Lipinski definition) is 1. The third-order valence-corrected chi connectivity index (χ3v) is 2.40. The van der Waals surface area contributed by atoms with E-state index >= 15 is 0 Å². The minimum absolute atomic E-state index is 0.000721. The second-order valence-electron chi connectivity index (χ2n) is 3.56. The van der Waals surface area contributed by atoms with Gasteiger partial charge in [0.2, 0.25) is 0 Å². The average Bonchev–Trinajstić information content (AvgIpc) is 2.14. The minimum atomic E-state index is -0.605. The van der Waals surface area contributed by atoms with Crippen molar-refractivity contribution in [3.8, 4) is 5.75 Å². The van der Waals surface area contributed by atoms with Gasteiger partial charge in [-0.1, -0.05) is 0 Å². The van der Waals surface area contributed by atoms with Crippen LogP contribution >= 0.6 is 0 Å². The number of nitrogens with two attached hydrogens (primary N) is 1. The average molecular weight is 199 g/mol. The maximum absolute atomic E-state index is 13.5. The van der Waals surface area contributed by atoms with Crippen LogP contribution in [0.5, 0.6) is 5.75 Å². The van der Waals surface area contributed by atoms with Crippen molar-refractivity contribution in [3.05, 3.63) is 28.8 Å². The Kier molecular flexibility index (Phi) is 2.15. The highest BCUT2D eigenvalue weighted by Crippen LogP contribution is 2.31. The first-order valence-electron chi connectivity index (χ1n) is 4.45. The molecule has 0 aliphatic carbocycles. The molecule has 1 aliphatic heterocycles. The summed E-state index contributed by atoms with van der Waals surface area (Å²) in [7, 11) is 0. The molecule has 14 heavy (non-hydrogen) atoms. The first-order chi connectivity index (χ1) is 6.59. The summed E-state index contributed by atoms with van der Waals surface area (Å²) in [5.41, 5.74) is 6.14. The van der Waals surface area contributed by atoms with Crippen LogP contribution in [-0.2, 0) is 6.42 Å². The fourth-order valence-electron chi connectivity index (χ4n) is 1.58. The van der Waals surface area contributed by atoms with Gasteiger partial charge in [-0.25, -0.2) is 8.78 Å². The van der Waals surface area contributed by atoms with Crippen LogP contribution in [0.4, 0.5) is 8.78 Å². The van der Waals surface area contributed by atoms with Gasteiger partial charge < -0.3 is 10.5 Å². The fourth-order valence-corrected chi connectivity index (χ4v) is 1.58. The van der Waals surface area contributed by atoms with E-state index in [-0.39, 0.29) is 24.0 Å². The highest BCUT2D eigenvalue weighted by atomic mass is 19.1. The first-order valence-corrected chi connectivity index (χ1v) is 4.45. The predicted octanol–water partition coefficient (Wildman–Crippen LogP) is 1.54. The molecule has 4 heteroatoms.